The van der Waals surface area contributed by atoms with Crippen molar-refractivity contribution < 1.29 is 20.1 Å². The number of imidazole rings is 1. The van der Waals surface area contributed by atoms with E-state index in [4.69, 9.17) is 4.74 Å². The van der Waals surface area contributed by atoms with Gasteiger partial charge in [0.2, 0.25) is 0 Å². The molecule has 1 aliphatic heterocycles. The van der Waals surface area contributed by atoms with Gasteiger partial charge in [-0.1, -0.05) is 18.2 Å². The lowest BCUT2D eigenvalue weighted by atomic mass is 10.1. The molecule has 1 saturated heterocycles. The van der Waals surface area contributed by atoms with Crippen molar-refractivity contribution in [2.45, 2.75) is 31.1 Å². The van der Waals surface area contributed by atoms with E-state index >= 15 is 0 Å². The fourth-order valence-electron chi connectivity index (χ4n) is 3.10. The highest BCUT2D eigenvalue weighted by atomic mass is 127. The summed E-state index contributed by atoms with van der Waals surface area (Å²) in [5.41, 5.74) is 2.12. The molecule has 27 heavy (non-hydrogen) atoms. The van der Waals surface area contributed by atoms with E-state index in [-0.39, 0.29) is 0 Å². The Morgan fingerprint density at radius 2 is 1.96 bits per heavy atom. The van der Waals surface area contributed by atoms with Gasteiger partial charge in [0.1, 0.15) is 24.6 Å². The molecule has 9 nitrogen and oxygen atoms in total. The average molecular weight is 483 g/mol. The van der Waals surface area contributed by atoms with Crippen LogP contribution in [0.1, 0.15) is 11.8 Å². The second kappa shape index (κ2) is 7.64. The molecule has 0 spiro atoms. The Kier molecular flexibility index (Phi) is 5.23. The minimum absolute atomic E-state index is 0.390. The molecular weight excluding hydrogens is 465 g/mol. The predicted molar refractivity (Wildman–Crippen MR) is 105 cm³/mol. The van der Waals surface area contributed by atoms with Crippen LogP contribution < -0.4 is 5.32 Å². The summed E-state index contributed by atoms with van der Waals surface area (Å²) in [6.07, 6.45) is -1.24. The van der Waals surface area contributed by atoms with Gasteiger partial charge in [0.25, 0.3) is 0 Å². The third kappa shape index (κ3) is 3.38. The van der Waals surface area contributed by atoms with E-state index in [1.807, 2.05) is 24.3 Å². The first-order chi connectivity index (χ1) is 13.1. The molecule has 0 radical (unpaired) electrons. The number of halogens is 1. The fraction of sp³-hybridized carbons (Fsp3) is 0.353. The van der Waals surface area contributed by atoms with Crippen LogP contribution in [0, 0.1) is 3.57 Å². The molecule has 1 aromatic carbocycles. The first-order valence-electron chi connectivity index (χ1n) is 8.37. The highest BCUT2D eigenvalue weighted by Crippen LogP contribution is 2.32. The summed E-state index contributed by atoms with van der Waals surface area (Å²) in [5, 5.41) is 32.8. The lowest BCUT2D eigenvalue weighted by Gasteiger charge is -2.16. The molecule has 4 atom stereocenters. The van der Waals surface area contributed by atoms with Crippen molar-refractivity contribution >= 4 is 39.6 Å². The Morgan fingerprint density at radius 3 is 2.70 bits per heavy atom. The maximum Gasteiger partial charge on any atom is 0.167 e. The van der Waals surface area contributed by atoms with E-state index in [1.54, 1.807) is 0 Å². The van der Waals surface area contributed by atoms with Crippen molar-refractivity contribution in [2.24, 2.45) is 0 Å². The van der Waals surface area contributed by atoms with Gasteiger partial charge in [0.15, 0.2) is 23.2 Å². The number of nitrogens with zero attached hydrogens (tertiary/aromatic N) is 4. The normalized spacial score (nSPS) is 25.2. The van der Waals surface area contributed by atoms with E-state index < -0.39 is 31.1 Å². The van der Waals surface area contributed by atoms with Crippen molar-refractivity contribution in [3.05, 3.63) is 46.1 Å². The summed E-state index contributed by atoms with van der Waals surface area (Å²) in [6, 6.07) is 8.02. The maximum absolute atomic E-state index is 10.2. The van der Waals surface area contributed by atoms with Crippen LogP contribution in [0.3, 0.4) is 0 Å². The van der Waals surface area contributed by atoms with Crippen molar-refractivity contribution in [3.63, 3.8) is 0 Å². The lowest BCUT2D eigenvalue weighted by Crippen LogP contribution is -2.33. The van der Waals surface area contributed by atoms with E-state index in [9.17, 15) is 15.3 Å². The van der Waals surface area contributed by atoms with Crippen LogP contribution in [-0.2, 0) is 11.3 Å². The van der Waals surface area contributed by atoms with Gasteiger partial charge in [-0.2, -0.15) is 0 Å². The van der Waals surface area contributed by atoms with Crippen molar-refractivity contribution in [2.75, 3.05) is 11.9 Å². The minimum Gasteiger partial charge on any atom is -0.394 e. The van der Waals surface area contributed by atoms with Crippen LogP contribution in [0.15, 0.2) is 36.9 Å². The van der Waals surface area contributed by atoms with Gasteiger partial charge in [-0.05, 0) is 34.2 Å². The maximum atomic E-state index is 10.2. The van der Waals surface area contributed by atoms with E-state index in [0.29, 0.717) is 23.5 Å². The lowest BCUT2D eigenvalue weighted by molar-refractivity contribution is -0.0511. The van der Waals surface area contributed by atoms with Crippen LogP contribution in [0.25, 0.3) is 11.2 Å². The summed E-state index contributed by atoms with van der Waals surface area (Å²) in [4.78, 5) is 12.9. The Balaban J connectivity index is 1.61. The van der Waals surface area contributed by atoms with Gasteiger partial charge in [-0.15, -0.1) is 0 Å². The van der Waals surface area contributed by atoms with E-state index in [1.165, 1.54) is 17.2 Å². The number of anilines is 1. The van der Waals surface area contributed by atoms with Crippen LogP contribution in [0.5, 0.6) is 0 Å². The zero-order valence-electron chi connectivity index (χ0n) is 14.1. The quantitative estimate of drug-likeness (QED) is 0.390. The third-order valence-corrected chi connectivity index (χ3v) is 5.61. The largest absolute Gasteiger partial charge is 0.394 e. The molecule has 0 aliphatic carbocycles. The Labute approximate surface area is 168 Å². The number of hydrogen-bond acceptors (Lipinski definition) is 8. The van der Waals surface area contributed by atoms with Crippen molar-refractivity contribution in [1.82, 2.24) is 19.5 Å². The monoisotopic (exact) mass is 483 g/mol. The van der Waals surface area contributed by atoms with Crippen LogP contribution in [0.2, 0.25) is 0 Å². The highest BCUT2D eigenvalue weighted by Gasteiger charge is 2.44. The SMILES string of the molecule is OC[C@H]1O[C@@H](n2cnc3c(NCc4ccccc4I)ncnc32)[C@@H](O)[C@@H]1O. The van der Waals surface area contributed by atoms with Gasteiger partial charge in [0, 0.05) is 10.1 Å². The number of fused-ring (bicyclic) bond motifs is 1. The van der Waals surface area contributed by atoms with Gasteiger partial charge >= 0.3 is 0 Å². The number of aliphatic hydroxyl groups is 3. The first kappa shape index (κ1) is 18.5. The molecule has 3 heterocycles. The second-order valence-electron chi connectivity index (χ2n) is 6.22. The van der Waals surface area contributed by atoms with Gasteiger partial charge in [0.05, 0.1) is 12.9 Å². The van der Waals surface area contributed by atoms with Crippen molar-refractivity contribution in [1.29, 1.82) is 0 Å². The number of benzene rings is 1. The molecule has 0 saturated carbocycles. The molecule has 4 rings (SSSR count). The standard InChI is InChI=1S/C17H18IN5O4/c18-10-4-2-1-3-9(10)5-19-15-12-16(21-7-20-15)23(8-22-12)17-14(26)13(25)11(6-24)27-17/h1-4,7-8,11,13-14,17,24-26H,5-6H2,(H,19,20,21)/t11-,13-,14+,17-/m1/s1. The number of rotatable bonds is 5. The van der Waals surface area contributed by atoms with Crippen molar-refractivity contribution in [3.8, 4) is 0 Å². The molecule has 0 unspecified atom stereocenters. The summed E-state index contributed by atoms with van der Waals surface area (Å²) in [7, 11) is 0. The zero-order valence-corrected chi connectivity index (χ0v) is 16.3. The first-order valence-corrected chi connectivity index (χ1v) is 9.45. The smallest absolute Gasteiger partial charge is 0.167 e. The fourth-order valence-corrected chi connectivity index (χ4v) is 3.68. The number of hydrogen-bond donors (Lipinski definition) is 4. The molecule has 1 aliphatic rings. The summed E-state index contributed by atoms with van der Waals surface area (Å²) < 4.78 is 8.25. The molecule has 142 valence electrons. The third-order valence-electron chi connectivity index (χ3n) is 4.55. The summed E-state index contributed by atoms with van der Waals surface area (Å²) >= 11 is 2.28. The highest BCUT2D eigenvalue weighted by molar-refractivity contribution is 14.1. The van der Waals surface area contributed by atoms with Crippen LogP contribution in [0.4, 0.5) is 5.82 Å². The molecule has 0 amide bonds. The Hall–Kier alpha value is -1.86. The molecule has 4 N–H and O–H groups in total. The number of aromatic nitrogens is 4. The van der Waals surface area contributed by atoms with Crippen LogP contribution >= 0.6 is 22.6 Å². The molecule has 10 heteroatoms. The zero-order chi connectivity index (χ0) is 19.0. The van der Waals surface area contributed by atoms with Crippen LogP contribution in [-0.4, -0.2) is 59.8 Å². The Bertz CT molecular complexity index is 952. The average Bonchev–Trinajstić information content (AvgIpc) is 3.23. The molecule has 0 bridgehead atoms. The van der Waals surface area contributed by atoms with Gasteiger partial charge in [-0.3, -0.25) is 4.57 Å². The molecule has 2 aromatic heterocycles. The number of nitrogens with one attached hydrogen (secondary N) is 1. The molecular formula is C17H18IN5O4. The number of aliphatic hydroxyl groups excluding tert-OH is 3. The predicted octanol–water partition coefficient (Wildman–Crippen LogP) is 0.654. The second-order valence-corrected chi connectivity index (χ2v) is 7.38. The molecule has 3 aromatic rings. The van der Waals surface area contributed by atoms with E-state index in [0.717, 1.165) is 9.13 Å². The van der Waals surface area contributed by atoms with Gasteiger partial charge in [-0.25, -0.2) is 15.0 Å². The van der Waals surface area contributed by atoms with E-state index in [2.05, 4.69) is 42.9 Å². The minimum atomic E-state index is -1.20. The topological polar surface area (TPSA) is 126 Å². The summed E-state index contributed by atoms with van der Waals surface area (Å²) in [6.45, 7) is 0.185. The number of ether oxygens (including phenoxy) is 1. The Morgan fingerprint density at radius 1 is 1.15 bits per heavy atom. The van der Waals surface area contributed by atoms with Gasteiger partial charge < -0.3 is 25.4 Å². The molecule has 1 fully saturated rings. The summed E-state index contributed by atoms with van der Waals surface area (Å²) in [5.74, 6) is 0.560.